The molecule has 0 spiro atoms. The Kier molecular flexibility index (Phi) is 7.04. The van der Waals surface area contributed by atoms with Crippen LogP contribution in [0.15, 0.2) is 48.5 Å². The lowest BCUT2D eigenvalue weighted by Gasteiger charge is -2.07. The second-order valence-electron chi connectivity index (χ2n) is 3.28. The summed E-state index contributed by atoms with van der Waals surface area (Å²) in [6, 6.07) is 16.7. The molecule has 0 aromatic heterocycles. The first-order valence-electron chi connectivity index (χ1n) is 5.14. The molecule has 3 rings (SSSR count). The zero-order valence-electron chi connectivity index (χ0n) is 9.26. The first-order chi connectivity index (χ1) is 7.97. The molecule has 0 aliphatic carbocycles. The number of fused-ring (bicyclic) bond motifs is 1. The molecule has 0 saturated carbocycles. The number of benzene rings is 2. The summed E-state index contributed by atoms with van der Waals surface area (Å²) in [4.78, 5) is 0. The van der Waals surface area contributed by atoms with Crippen molar-refractivity contribution < 1.29 is 0 Å². The Morgan fingerprint density at radius 3 is 1.12 bits per heavy atom. The van der Waals surface area contributed by atoms with Gasteiger partial charge in [0.05, 0.1) is 0 Å². The maximum atomic E-state index is 2.78. The van der Waals surface area contributed by atoms with Crippen LogP contribution in [-0.2, 0) is 0 Å². The molecule has 0 unspecified atom stereocenters. The molecule has 7 heteroatoms. The highest BCUT2D eigenvalue weighted by Crippen LogP contribution is 2.11. The SMILES string of the molecule is Br.[B]1N[B]N[B]N1.c1ccc2ccccc2c1. The van der Waals surface area contributed by atoms with Crippen molar-refractivity contribution in [1.29, 1.82) is 0 Å². The lowest BCUT2D eigenvalue weighted by molar-refractivity contribution is 1.28. The molecule has 0 bridgehead atoms. The van der Waals surface area contributed by atoms with Gasteiger partial charge in [-0.15, -0.1) is 17.0 Å². The Bertz CT molecular complexity index is 363. The van der Waals surface area contributed by atoms with Crippen LogP contribution in [0, 0.1) is 0 Å². The number of rotatable bonds is 0. The second-order valence-corrected chi connectivity index (χ2v) is 3.28. The standard InChI is InChI=1S/C10H8.B3H3N3.BrH/c1-2-6-10-8-4-3-7-9(10)5-1;1-4-2-6-3-5-1;/h1-8H;4-6H;1H. The van der Waals surface area contributed by atoms with E-state index in [0.29, 0.717) is 0 Å². The number of nitrogens with one attached hydrogen (secondary N) is 3. The zero-order chi connectivity index (χ0) is 11.1. The first-order valence-corrected chi connectivity index (χ1v) is 5.14. The normalized spacial score (nSPS) is 12.9. The lowest BCUT2D eigenvalue weighted by Crippen LogP contribution is -2.55. The fourth-order valence-electron chi connectivity index (χ4n) is 1.40. The summed E-state index contributed by atoms with van der Waals surface area (Å²) in [5.41, 5.74) is 0. The molecule has 1 fully saturated rings. The fourth-order valence-corrected chi connectivity index (χ4v) is 1.40. The van der Waals surface area contributed by atoms with Gasteiger partial charge in [0.1, 0.15) is 0 Å². The molecule has 17 heavy (non-hydrogen) atoms. The van der Waals surface area contributed by atoms with E-state index >= 15 is 0 Å². The van der Waals surface area contributed by atoms with Crippen LogP contribution in [0.25, 0.3) is 10.8 Å². The quantitative estimate of drug-likeness (QED) is 0.627. The highest BCUT2D eigenvalue weighted by atomic mass is 79.9. The van der Waals surface area contributed by atoms with Crippen molar-refractivity contribution in [3.05, 3.63) is 48.5 Å². The minimum Gasteiger partial charge on any atom is -0.379 e. The van der Waals surface area contributed by atoms with Crippen LogP contribution >= 0.6 is 17.0 Å². The molecule has 0 atom stereocenters. The molecule has 3 N–H and O–H groups in total. The minimum atomic E-state index is 0. The number of halogens is 1. The topological polar surface area (TPSA) is 36.1 Å². The van der Waals surface area contributed by atoms with Crippen LogP contribution in [0.5, 0.6) is 0 Å². The average Bonchev–Trinajstić information content (AvgIpc) is 2.42. The van der Waals surface area contributed by atoms with Gasteiger partial charge >= 0.3 is 0 Å². The molecule has 0 amide bonds. The molecule has 83 valence electrons. The molecule has 1 aliphatic rings. The van der Waals surface area contributed by atoms with Crippen LogP contribution in [0.4, 0.5) is 0 Å². The highest BCUT2D eigenvalue weighted by Gasteiger charge is 1.98. The van der Waals surface area contributed by atoms with E-state index in [0.717, 1.165) is 0 Å². The average molecular weight is 287 g/mol. The van der Waals surface area contributed by atoms with Gasteiger partial charge in [-0.1, -0.05) is 48.5 Å². The summed E-state index contributed by atoms with van der Waals surface area (Å²) in [5, 5.41) is 11.0. The Labute approximate surface area is 114 Å². The van der Waals surface area contributed by atoms with Crippen LogP contribution in [0.1, 0.15) is 0 Å². The van der Waals surface area contributed by atoms with E-state index in [1.54, 1.807) is 22.6 Å². The van der Waals surface area contributed by atoms with Gasteiger partial charge < -0.3 is 15.4 Å². The summed E-state index contributed by atoms with van der Waals surface area (Å²) in [5.74, 6) is 0. The van der Waals surface area contributed by atoms with Crippen LogP contribution < -0.4 is 15.4 Å². The Hall–Kier alpha value is -0.745. The van der Waals surface area contributed by atoms with E-state index in [1.165, 1.54) is 10.8 Å². The monoisotopic (exact) mass is 286 g/mol. The molecule has 2 aromatic carbocycles. The lowest BCUT2D eigenvalue weighted by atomic mass is 9.85. The van der Waals surface area contributed by atoms with Crippen molar-refractivity contribution in [2.75, 3.05) is 0 Å². The maximum absolute atomic E-state index is 2.78. The molecule has 1 aliphatic heterocycles. The van der Waals surface area contributed by atoms with E-state index in [1.807, 2.05) is 0 Å². The number of hydrogen-bond acceptors (Lipinski definition) is 3. The van der Waals surface area contributed by atoms with Crippen LogP contribution in [0.3, 0.4) is 0 Å². The van der Waals surface area contributed by atoms with Crippen molar-refractivity contribution in [3.63, 3.8) is 0 Å². The molecule has 1 saturated heterocycles. The van der Waals surface area contributed by atoms with Gasteiger partial charge in [-0.25, -0.2) is 0 Å². The molecule has 1 heterocycles. The van der Waals surface area contributed by atoms with Gasteiger partial charge in [0.2, 0.25) is 0 Å². The maximum Gasteiger partial charge on any atom is 0.284 e. The summed E-state index contributed by atoms with van der Waals surface area (Å²) in [6.07, 6.45) is 0. The predicted octanol–water partition coefficient (Wildman–Crippen LogP) is 0.789. The molecule has 2 aromatic rings. The third kappa shape index (κ3) is 4.96. The Morgan fingerprint density at radius 1 is 0.588 bits per heavy atom. The van der Waals surface area contributed by atoms with Gasteiger partial charge in [-0.3, -0.25) is 0 Å². The summed E-state index contributed by atoms with van der Waals surface area (Å²) in [6.45, 7) is 0. The van der Waals surface area contributed by atoms with Crippen molar-refractivity contribution in [3.8, 4) is 0 Å². The molecule has 3 nitrogen and oxygen atoms in total. The summed E-state index contributed by atoms with van der Waals surface area (Å²) >= 11 is 0. The smallest absolute Gasteiger partial charge is 0.284 e. The van der Waals surface area contributed by atoms with Gasteiger partial charge in [0, 0.05) is 0 Å². The Morgan fingerprint density at radius 2 is 0.882 bits per heavy atom. The van der Waals surface area contributed by atoms with Gasteiger partial charge in [-0.05, 0) is 10.8 Å². The van der Waals surface area contributed by atoms with Crippen LogP contribution in [-0.4, -0.2) is 22.6 Å². The molecular formula is C10H12B3BrN3. The number of hydrogen-bond donors (Lipinski definition) is 3. The largest absolute Gasteiger partial charge is 0.379 e. The van der Waals surface area contributed by atoms with Crippen molar-refractivity contribution in [1.82, 2.24) is 15.4 Å². The highest BCUT2D eigenvalue weighted by molar-refractivity contribution is 8.93. The third-order valence-electron chi connectivity index (χ3n) is 2.16. The van der Waals surface area contributed by atoms with E-state index in [-0.39, 0.29) is 17.0 Å². The van der Waals surface area contributed by atoms with Gasteiger partial charge in [-0.2, -0.15) is 0 Å². The van der Waals surface area contributed by atoms with Gasteiger partial charge in [0.15, 0.2) is 0 Å². The van der Waals surface area contributed by atoms with E-state index in [2.05, 4.69) is 63.9 Å². The summed E-state index contributed by atoms with van der Waals surface area (Å²) < 4.78 is 0. The van der Waals surface area contributed by atoms with E-state index in [9.17, 15) is 0 Å². The summed E-state index contributed by atoms with van der Waals surface area (Å²) in [7, 11) is 5.16. The Balaban J connectivity index is 0.000000180. The van der Waals surface area contributed by atoms with Crippen molar-refractivity contribution in [2.45, 2.75) is 0 Å². The first kappa shape index (κ1) is 14.3. The van der Waals surface area contributed by atoms with E-state index in [4.69, 9.17) is 0 Å². The minimum absolute atomic E-state index is 0. The van der Waals surface area contributed by atoms with Crippen molar-refractivity contribution in [2.24, 2.45) is 0 Å². The molecular weight excluding hydrogens is 274 g/mol. The van der Waals surface area contributed by atoms with Crippen molar-refractivity contribution >= 4 is 50.4 Å². The second kappa shape index (κ2) is 8.36. The van der Waals surface area contributed by atoms with Gasteiger partial charge in [0.25, 0.3) is 22.6 Å². The third-order valence-corrected chi connectivity index (χ3v) is 2.16. The van der Waals surface area contributed by atoms with Crippen LogP contribution in [0.2, 0.25) is 0 Å². The predicted molar refractivity (Wildman–Crippen MR) is 80.9 cm³/mol. The fraction of sp³-hybridized carbons (Fsp3) is 0. The van der Waals surface area contributed by atoms with E-state index < -0.39 is 0 Å². The molecule has 3 radical (unpaired) electrons. The zero-order valence-corrected chi connectivity index (χ0v) is 11.0.